The predicted octanol–water partition coefficient (Wildman–Crippen LogP) is 4.92. The van der Waals surface area contributed by atoms with Crippen molar-refractivity contribution >= 4 is 5.78 Å². The van der Waals surface area contributed by atoms with Gasteiger partial charge in [-0.2, -0.15) is 0 Å². The van der Waals surface area contributed by atoms with E-state index in [0.717, 1.165) is 19.3 Å². The summed E-state index contributed by atoms with van der Waals surface area (Å²) in [6.07, 6.45) is 5.32. The maximum absolute atomic E-state index is 12.4. The van der Waals surface area contributed by atoms with Crippen molar-refractivity contribution < 1.29 is 4.79 Å². The van der Waals surface area contributed by atoms with E-state index in [1.165, 1.54) is 24.0 Å². The Morgan fingerprint density at radius 1 is 1.15 bits per heavy atom. The predicted molar refractivity (Wildman–Crippen MR) is 85.0 cm³/mol. The van der Waals surface area contributed by atoms with Crippen LogP contribution in [0.25, 0.3) is 0 Å². The van der Waals surface area contributed by atoms with Crippen LogP contribution in [-0.2, 0) is 16.6 Å². The lowest BCUT2D eigenvalue weighted by molar-refractivity contribution is -0.128. The minimum Gasteiger partial charge on any atom is -0.299 e. The van der Waals surface area contributed by atoms with E-state index in [2.05, 4.69) is 52.0 Å². The van der Waals surface area contributed by atoms with Crippen LogP contribution in [0.4, 0.5) is 0 Å². The van der Waals surface area contributed by atoms with Crippen molar-refractivity contribution in [3.63, 3.8) is 0 Å². The molecule has 0 aromatic heterocycles. The average Bonchev–Trinajstić information content (AvgIpc) is 2.39. The van der Waals surface area contributed by atoms with E-state index in [1.54, 1.807) is 0 Å². The van der Waals surface area contributed by atoms with E-state index < -0.39 is 0 Å². The second kappa shape index (κ2) is 6.11. The van der Waals surface area contributed by atoms with Crippen molar-refractivity contribution in [3.8, 4) is 0 Å². The molecule has 1 heteroatoms. The van der Waals surface area contributed by atoms with Gasteiger partial charge < -0.3 is 0 Å². The standard InChI is InChI=1S/C19H28O/c1-5-6-15-8-10-16(11-9-15)19(3,4)17-12-7-14(2)13-18(17)20/h8-11,14,17H,5-7,12-13H2,1-4H3. The van der Waals surface area contributed by atoms with Crippen molar-refractivity contribution in [1.82, 2.24) is 0 Å². The minimum absolute atomic E-state index is 0.0397. The third-order valence-corrected chi connectivity index (χ3v) is 4.99. The fraction of sp³-hybridized carbons (Fsp3) is 0.632. The zero-order valence-electron chi connectivity index (χ0n) is 13.4. The molecule has 0 N–H and O–H groups in total. The summed E-state index contributed by atoms with van der Waals surface area (Å²) in [5.74, 6) is 1.23. The first kappa shape index (κ1) is 15.3. The second-order valence-corrected chi connectivity index (χ2v) is 7.07. The van der Waals surface area contributed by atoms with E-state index in [1.807, 2.05) is 0 Å². The summed E-state index contributed by atoms with van der Waals surface area (Å²) in [6.45, 7) is 8.88. The number of carbonyl (C=O) groups is 1. The minimum atomic E-state index is -0.0397. The third-order valence-electron chi connectivity index (χ3n) is 4.99. The van der Waals surface area contributed by atoms with Crippen LogP contribution in [0, 0.1) is 11.8 Å². The number of hydrogen-bond acceptors (Lipinski definition) is 1. The van der Waals surface area contributed by atoms with Crippen LogP contribution in [0.15, 0.2) is 24.3 Å². The maximum Gasteiger partial charge on any atom is 0.137 e. The monoisotopic (exact) mass is 272 g/mol. The van der Waals surface area contributed by atoms with Gasteiger partial charge in [0.2, 0.25) is 0 Å². The van der Waals surface area contributed by atoms with Crippen LogP contribution in [0.3, 0.4) is 0 Å². The molecule has 1 aromatic carbocycles. The normalized spacial score (nSPS) is 23.9. The summed E-state index contributed by atoms with van der Waals surface area (Å²) in [7, 11) is 0. The molecular formula is C19H28O. The molecule has 20 heavy (non-hydrogen) atoms. The average molecular weight is 272 g/mol. The first-order chi connectivity index (χ1) is 9.45. The molecule has 0 heterocycles. The molecule has 2 rings (SSSR count). The number of hydrogen-bond donors (Lipinski definition) is 0. The van der Waals surface area contributed by atoms with Gasteiger partial charge in [0.15, 0.2) is 0 Å². The Bertz CT molecular complexity index is 455. The highest BCUT2D eigenvalue weighted by atomic mass is 16.1. The largest absolute Gasteiger partial charge is 0.299 e. The fourth-order valence-electron chi connectivity index (χ4n) is 3.55. The molecule has 0 spiro atoms. The summed E-state index contributed by atoms with van der Waals surface area (Å²) < 4.78 is 0. The molecule has 0 saturated heterocycles. The lowest BCUT2D eigenvalue weighted by Gasteiger charge is -2.38. The number of benzene rings is 1. The van der Waals surface area contributed by atoms with E-state index in [-0.39, 0.29) is 11.3 Å². The van der Waals surface area contributed by atoms with Crippen LogP contribution < -0.4 is 0 Å². The van der Waals surface area contributed by atoms with Gasteiger partial charge in [0.05, 0.1) is 0 Å². The fourth-order valence-corrected chi connectivity index (χ4v) is 3.55. The smallest absolute Gasteiger partial charge is 0.137 e. The molecule has 1 aromatic rings. The highest BCUT2D eigenvalue weighted by Crippen LogP contribution is 2.40. The molecular weight excluding hydrogens is 244 g/mol. The van der Waals surface area contributed by atoms with E-state index in [9.17, 15) is 4.79 Å². The van der Waals surface area contributed by atoms with Crippen molar-refractivity contribution in [2.75, 3.05) is 0 Å². The lowest BCUT2D eigenvalue weighted by Crippen LogP contribution is -2.38. The van der Waals surface area contributed by atoms with Crippen molar-refractivity contribution in [2.45, 2.75) is 65.2 Å². The molecule has 0 aliphatic heterocycles. The molecule has 2 unspecified atom stereocenters. The van der Waals surface area contributed by atoms with E-state index >= 15 is 0 Å². The Balaban J connectivity index is 2.18. The Morgan fingerprint density at radius 2 is 1.80 bits per heavy atom. The van der Waals surface area contributed by atoms with Gasteiger partial charge in [-0.25, -0.2) is 0 Å². The molecule has 0 radical (unpaired) electrons. The molecule has 1 saturated carbocycles. The van der Waals surface area contributed by atoms with Gasteiger partial charge in [0, 0.05) is 12.3 Å². The number of carbonyl (C=O) groups excluding carboxylic acids is 1. The quantitative estimate of drug-likeness (QED) is 0.760. The van der Waals surface area contributed by atoms with Gasteiger partial charge in [-0.3, -0.25) is 4.79 Å². The lowest BCUT2D eigenvalue weighted by atomic mass is 9.65. The molecule has 1 nitrogen and oxygen atoms in total. The van der Waals surface area contributed by atoms with Gasteiger partial charge >= 0.3 is 0 Å². The SMILES string of the molecule is CCCc1ccc(C(C)(C)C2CCC(C)CC2=O)cc1. The summed E-state index contributed by atoms with van der Waals surface area (Å²) >= 11 is 0. The van der Waals surface area contributed by atoms with Gasteiger partial charge in [-0.15, -0.1) is 0 Å². The molecule has 0 amide bonds. The molecule has 110 valence electrons. The van der Waals surface area contributed by atoms with Crippen LogP contribution in [0.1, 0.15) is 64.5 Å². The van der Waals surface area contributed by atoms with Crippen molar-refractivity contribution in [3.05, 3.63) is 35.4 Å². The molecule has 1 fully saturated rings. The number of rotatable bonds is 4. The van der Waals surface area contributed by atoms with Crippen molar-refractivity contribution in [1.29, 1.82) is 0 Å². The number of aryl methyl sites for hydroxylation is 1. The Kier molecular flexibility index (Phi) is 4.67. The van der Waals surface area contributed by atoms with E-state index in [0.29, 0.717) is 11.7 Å². The molecule has 2 atom stereocenters. The maximum atomic E-state index is 12.4. The first-order valence-electron chi connectivity index (χ1n) is 8.07. The Hall–Kier alpha value is -1.11. The molecule has 1 aliphatic rings. The zero-order valence-corrected chi connectivity index (χ0v) is 13.4. The van der Waals surface area contributed by atoms with E-state index in [4.69, 9.17) is 0 Å². The van der Waals surface area contributed by atoms with Crippen molar-refractivity contribution in [2.24, 2.45) is 11.8 Å². The third kappa shape index (κ3) is 3.13. The highest BCUT2D eigenvalue weighted by molar-refractivity contribution is 5.83. The second-order valence-electron chi connectivity index (χ2n) is 7.07. The number of ketones is 1. The van der Waals surface area contributed by atoms with Crippen LogP contribution >= 0.6 is 0 Å². The highest BCUT2D eigenvalue weighted by Gasteiger charge is 2.38. The van der Waals surface area contributed by atoms with Gasteiger partial charge in [0.25, 0.3) is 0 Å². The van der Waals surface area contributed by atoms with Gasteiger partial charge in [0.1, 0.15) is 5.78 Å². The summed E-state index contributed by atoms with van der Waals surface area (Å²) in [6, 6.07) is 8.93. The number of Topliss-reactive ketones (excluding diaryl/α,β-unsaturated/α-hetero) is 1. The topological polar surface area (TPSA) is 17.1 Å². The first-order valence-corrected chi connectivity index (χ1v) is 8.07. The van der Waals surface area contributed by atoms with Crippen LogP contribution in [0.5, 0.6) is 0 Å². The summed E-state index contributed by atoms with van der Waals surface area (Å²) in [5.41, 5.74) is 2.67. The molecule has 0 bridgehead atoms. The van der Waals surface area contributed by atoms with Crippen LogP contribution in [0.2, 0.25) is 0 Å². The Morgan fingerprint density at radius 3 is 2.35 bits per heavy atom. The summed E-state index contributed by atoms with van der Waals surface area (Å²) in [5, 5.41) is 0. The summed E-state index contributed by atoms with van der Waals surface area (Å²) in [4.78, 5) is 12.4. The Labute approximate surface area is 123 Å². The zero-order chi connectivity index (χ0) is 14.8. The molecule has 1 aliphatic carbocycles. The van der Waals surface area contributed by atoms with Gasteiger partial charge in [-0.1, -0.05) is 58.4 Å². The van der Waals surface area contributed by atoms with Crippen LogP contribution in [-0.4, -0.2) is 5.78 Å². The van der Waals surface area contributed by atoms with Gasteiger partial charge in [-0.05, 0) is 41.7 Å².